The van der Waals surface area contributed by atoms with Gasteiger partial charge in [-0.2, -0.15) is 0 Å². The highest BCUT2D eigenvalue weighted by molar-refractivity contribution is 5.83. The molecule has 0 radical (unpaired) electrons. The van der Waals surface area contributed by atoms with E-state index in [1.807, 2.05) is 6.92 Å². The first-order valence-electron chi connectivity index (χ1n) is 6.96. The van der Waals surface area contributed by atoms with Gasteiger partial charge in [-0.15, -0.1) is 0 Å². The number of nitrogens with zero attached hydrogens (tertiary/aromatic N) is 1. The summed E-state index contributed by atoms with van der Waals surface area (Å²) in [6, 6.07) is 1.38. The summed E-state index contributed by atoms with van der Waals surface area (Å²) < 4.78 is 4.85. The molecule has 1 aromatic heterocycles. The molecule has 2 rings (SSSR count). The molecule has 0 aromatic carbocycles. The Morgan fingerprint density at radius 2 is 2.30 bits per heavy atom. The van der Waals surface area contributed by atoms with Crippen molar-refractivity contribution in [3.8, 4) is 0 Å². The molecule has 1 aliphatic carbocycles. The molecule has 0 spiro atoms. The molecule has 1 aliphatic rings. The van der Waals surface area contributed by atoms with Crippen molar-refractivity contribution < 1.29 is 9.53 Å². The Balaban J connectivity index is 2.26. The summed E-state index contributed by atoms with van der Waals surface area (Å²) in [6.45, 7) is 3.76. The number of methoxy groups -OCH3 is 1. The van der Waals surface area contributed by atoms with Gasteiger partial charge >= 0.3 is 5.97 Å². The number of rotatable bonds is 6. The van der Waals surface area contributed by atoms with Crippen molar-refractivity contribution in [2.24, 2.45) is 0 Å². The lowest BCUT2D eigenvalue weighted by Crippen LogP contribution is -2.44. The van der Waals surface area contributed by atoms with E-state index < -0.39 is 5.54 Å². The molecule has 20 heavy (non-hydrogen) atoms. The van der Waals surface area contributed by atoms with Gasteiger partial charge < -0.3 is 15.0 Å². The first-order chi connectivity index (χ1) is 9.48. The lowest BCUT2D eigenvalue weighted by atomic mass is 9.96. The van der Waals surface area contributed by atoms with E-state index in [4.69, 9.17) is 4.74 Å². The minimum Gasteiger partial charge on any atom is -0.467 e. The van der Waals surface area contributed by atoms with Crippen LogP contribution in [0.5, 0.6) is 0 Å². The largest absolute Gasteiger partial charge is 0.467 e. The Hall–Kier alpha value is -1.85. The molecule has 0 amide bonds. The van der Waals surface area contributed by atoms with E-state index in [0.717, 1.165) is 19.3 Å². The molecule has 1 unspecified atom stereocenters. The molecule has 0 bridgehead atoms. The van der Waals surface area contributed by atoms with Crippen LogP contribution in [-0.4, -0.2) is 28.6 Å². The SMILES string of the molecule is CCCC(C)(Nc1cc(=O)[nH]c(C2CC2)n1)C(=O)OC. The van der Waals surface area contributed by atoms with Crippen LogP contribution in [0.4, 0.5) is 5.82 Å². The predicted octanol–water partition coefficient (Wildman–Crippen LogP) is 1.79. The first-order valence-corrected chi connectivity index (χ1v) is 6.96. The second kappa shape index (κ2) is 5.64. The van der Waals surface area contributed by atoms with Crippen LogP contribution in [-0.2, 0) is 9.53 Å². The number of esters is 1. The van der Waals surface area contributed by atoms with Gasteiger partial charge in [0.05, 0.1) is 7.11 Å². The third kappa shape index (κ3) is 3.18. The Morgan fingerprint density at radius 1 is 1.60 bits per heavy atom. The van der Waals surface area contributed by atoms with E-state index in [2.05, 4.69) is 15.3 Å². The van der Waals surface area contributed by atoms with Crippen LogP contribution in [0.15, 0.2) is 10.9 Å². The van der Waals surface area contributed by atoms with Gasteiger partial charge in [-0.05, 0) is 26.2 Å². The maximum absolute atomic E-state index is 11.9. The highest BCUT2D eigenvalue weighted by Gasteiger charge is 2.34. The standard InChI is InChI=1S/C14H21N3O3/c1-4-7-14(2,13(19)20-3)17-10-8-11(18)16-12(15-10)9-5-6-9/h8-9H,4-7H2,1-3H3,(H2,15,16,17,18). The van der Waals surface area contributed by atoms with Crippen LogP contribution in [0, 0.1) is 0 Å². The van der Waals surface area contributed by atoms with Crippen LogP contribution in [0.3, 0.4) is 0 Å². The number of anilines is 1. The molecule has 110 valence electrons. The average Bonchev–Trinajstić information content (AvgIpc) is 3.21. The zero-order chi connectivity index (χ0) is 14.8. The van der Waals surface area contributed by atoms with Crippen molar-refractivity contribution in [3.05, 3.63) is 22.2 Å². The van der Waals surface area contributed by atoms with E-state index in [-0.39, 0.29) is 11.5 Å². The number of nitrogens with one attached hydrogen (secondary N) is 2. The maximum atomic E-state index is 11.9. The second-order valence-electron chi connectivity index (χ2n) is 5.49. The fraction of sp³-hybridized carbons (Fsp3) is 0.643. The summed E-state index contributed by atoms with van der Waals surface area (Å²) in [4.78, 5) is 30.8. The molecule has 1 heterocycles. The Kier molecular flexibility index (Phi) is 4.11. The van der Waals surface area contributed by atoms with Crippen molar-refractivity contribution in [1.29, 1.82) is 0 Å². The number of hydrogen-bond acceptors (Lipinski definition) is 5. The van der Waals surface area contributed by atoms with Crippen molar-refractivity contribution >= 4 is 11.8 Å². The van der Waals surface area contributed by atoms with Crippen molar-refractivity contribution in [1.82, 2.24) is 9.97 Å². The van der Waals surface area contributed by atoms with Gasteiger partial charge in [0, 0.05) is 12.0 Å². The first kappa shape index (κ1) is 14.6. The minimum atomic E-state index is -0.870. The average molecular weight is 279 g/mol. The lowest BCUT2D eigenvalue weighted by Gasteiger charge is -2.28. The van der Waals surface area contributed by atoms with Crippen LogP contribution in [0.2, 0.25) is 0 Å². The van der Waals surface area contributed by atoms with Crippen molar-refractivity contribution in [2.75, 3.05) is 12.4 Å². The second-order valence-corrected chi connectivity index (χ2v) is 5.49. The van der Waals surface area contributed by atoms with Crippen molar-refractivity contribution in [3.63, 3.8) is 0 Å². The normalized spacial score (nSPS) is 17.4. The number of carbonyl (C=O) groups excluding carboxylic acids is 1. The van der Waals surface area contributed by atoms with Gasteiger partial charge in [0.15, 0.2) is 0 Å². The summed E-state index contributed by atoms with van der Waals surface area (Å²) in [5.74, 6) is 1.12. The van der Waals surface area contributed by atoms with Crippen LogP contribution < -0.4 is 10.9 Å². The summed E-state index contributed by atoms with van der Waals surface area (Å²) >= 11 is 0. The number of hydrogen-bond donors (Lipinski definition) is 2. The summed E-state index contributed by atoms with van der Waals surface area (Å²) in [6.07, 6.45) is 3.52. The van der Waals surface area contributed by atoms with Crippen LogP contribution >= 0.6 is 0 Å². The van der Waals surface area contributed by atoms with Crippen LogP contribution in [0.25, 0.3) is 0 Å². The Morgan fingerprint density at radius 3 is 2.85 bits per heavy atom. The smallest absolute Gasteiger partial charge is 0.331 e. The lowest BCUT2D eigenvalue weighted by molar-refractivity contribution is -0.145. The summed E-state index contributed by atoms with van der Waals surface area (Å²) in [5.41, 5.74) is -1.07. The number of H-pyrrole nitrogens is 1. The molecular formula is C14H21N3O3. The maximum Gasteiger partial charge on any atom is 0.331 e. The monoisotopic (exact) mass is 279 g/mol. The fourth-order valence-corrected chi connectivity index (χ4v) is 2.31. The molecule has 0 aliphatic heterocycles. The Bertz CT molecular complexity index is 551. The molecule has 2 N–H and O–H groups in total. The zero-order valence-electron chi connectivity index (χ0n) is 12.2. The highest BCUT2D eigenvalue weighted by Crippen LogP contribution is 2.37. The fourth-order valence-electron chi connectivity index (χ4n) is 2.31. The molecule has 6 heteroatoms. The Labute approximate surface area is 118 Å². The molecule has 0 saturated heterocycles. The number of ether oxygens (including phenoxy) is 1. The van der Waals surface area contributed by atoms with E-state index in [1.54, 1.807) is 6.92 Å². The van der Waals surface area contributed by atoms with Gasteiger partial charge in [-0.25, -0.2) is 9.78 Å². The minimum absolute atomic E-state index is 0.201. The molecule has 1 atom stereocenters. The third-order valence-electron chi connectivity index (χ3n) is 3.51. The number of carbonyl (C=O) groups is 1. The van der Waals surface area contributed by atoms with Gasteiger partial charge in [0.2, 0.25) is 0 Å². The van der Waals surface area contributed by atoms with E-state index in [0.29, 0.717) is 24.0 Å². The van der Waals surface area contributed by atoms with E-state index >= 15 is 0 Å². The molecule has 1 fully saturated rings. The van der Waals surface area contributed by atoms with Crippen LogP contribution in [0.1, 0.15) is 51.3 Å². The third-order valence-corrected chi connectivity index (χ3v) is 3.51. The van der Waals surface area contributed by atoms with Crippen molar-refractivity contribution in [2.45, 2.75) is 51.0 Å². The molecule has 1 saturated carbocycles. The predicted molar refractivity (Wildman–Crippen MR) is 75.8 cm³/mol. The summed E-state index contributed by atoms with van der Waals surface area (Å²) in [5, 5.41) is 3.07. The molecule has 6 nitrogen and oxygen atoms in total. The quantitative estimate of drug-likeness (QED) is 0.776. The van der Waals surface area contributed by atoms with E-state index in [1.165, 1.54) is 13.2 Å². The number of aromatic nitrogens is 2. The van der Waals surface area contributed by atoms with Gasteiger partial charge in [-0.1, -0.05) is 13.3 Å². The number of aromatic amines is 1. The van der Waals surface area contributed by atoms with E-state index in [9.17, 15) is 9.59 Å². The molecular weight excluding hydrogens is 258 g/mol. The summed E-state index contributed by atoms with van der Waals surface area (Å²) in [7, 11) is 1.36. The highest BCUT2D eigenvalue weighted by atomic mass is 16.5. The molecule has 1 aromatic rings. The van der Waals surface area contributed by atoms with Gasteiger partial charge in [-0.3, -0.25) is 4.79 Å². The zero-order valence-corrected chi connectivity index (χ0v) is 12.2. The topological polar surface area (TPSA) is 84.1 Å². The van der Waals surface area contributed by atoms with Gasteiger partial charge in [0.1, 0.15) is 17.2 Å². The van der Waals surface area contributed by atoms with Gasteiger partial charge in [0.25, 0.3) is 5.56 Å².